The third kappa shape index (κ3) is 2.74. The fourth-order valence-electron chi connectivity index (χ4n) is 3.59. The molecule has 1 aliphatic carbocycles. The van der Waals surface area contributed by atoms with Gasteiger partial charge in [0, 0.05) is 12.5 Å². The molecule has 0 saturated heterocycles. The number of carbonyl (C=O) groups is 1. The molecule has 0 spiro atoms. The third-order valence-corrected chi connectivity index (χ3v) is 4.90. The number of hydrogen-bond acceptors (Lipinski definition) is 6. The van der Waals surface area contributed by atoms with Crippen LogP contribution in [0.15, 0.2) is 34.4 Å². The van der Waals surface area contributed by atoms with Gasteiger partial charge in [0.15, 0.2) is 5.78 Å². The van der Waals surface area contributed by atoms with E-state index in [4.69, 9.17) is 14.2 Å². The van der Waals surface area contributed by atoms with E-state index in [1.807, 2.05) is 52.0 Å². The second kappa shape index (κ2) is 6.19. The van der Waals surface area contributed by atoms with E-state index in [0.717, 1.165) is 17.0 Å². The van der Waals surface area contributed by atoms with E-state index in [1.165, 1.54) is 0 Å². The van der Waals surface area contributed by atoms with Gasteiger partial charge in [0.25, 0.3) is 0 Å². The van der Waals surface area contributed by atoms with Gasteiger partial charge < -0.3 is 9.26 Å². The van der Waals surface area contributed by atoms with Crippen molar-refractivity contribution in [3.8, 4) is 17.3 Å². The first kappa shape index (κ1) is 18.0. The Hall–Kier alpha value is -2.78. The average Bonchev–Trinajstić information content (AvgIpc) is 2.96. The van der Waals surface area contributed by atoms with Crippen LogP contribution in [-0.4, -0.2) is 23.0 Å². The number of rotatable bonds is 3. The van der Waals surface area contributed by atoms with Gasteiger partial charge >= 0.3 is 0 Å². The highest BCUT2D eigenvalue weighted by molar-refractivity contribution is 6.04. The monoisotopic (exact) mass is 351 g/mol. The van der Waals surface area contributed by atoms with Gasteiger partial charge in [0.2, 0.25) is 0 Å². The molecule has 6 nitrogen and oxygen atoms in total. The highest BCUT2D eigenvalue weighted by Gasteiger charge is 2.47. The predicted octanol–water partition coefficient (Wildman–Crippen LogP) is 3.64. The number of ether oxygens (including phenoxy) is 1. The van der Waals surface area contributed by atoms with Gasteiger partial charge in [0.05, 0.1) is 28.2 Å². The standard InChI is InChI=1S/C20H21N3O3/c1-12-17(13(2)26-23-12)15-7-6-8-16(22-15)20(25-5)9-14(10-21)18(24)19(3,4)11-20/h6-9H,11H2,1-5H3. The highest BCUT2D eigenvalue weighted by Crippen LogP contribution is 2.45. The second-order valence-corrected chi connectivity index (χ2v) is 7.26. The third-order valence-electron chi connectivity index (χ3n) is 4.90. The number of nitrogens with zero attached hydrogens (tertiary/aromatic N) is 3. The molecule has 6 heteroatoms. The Kier molecular flexibility index (Phi) is 4.29. The first-order valence-electron chi connectivity index (χ1n) is 8.38. The number of nitriles is 1. The van der Waals surface area contributed by atoms with Gasteiger partial charge in [-0.05, 0) is 38.5 Å². The summed E-state index contributed by atoms with van der Waals surface area (Å²) in [5, 5.41) is 13.4. The van der Waals surface area contributed by atoms with Crippen molar-refractivity contribution in [2.24, 2.45) is 5.41 Å². The van der Waals surface area contributed by atoms with Crippen LogP contribution in [0.4, 0.5) is 0 Å². The Bertz CT molecular complexity index is 930. The van der Waals surface area contributed by atoms with Crippen LogP contribution in [0.1, 0.15) is 37.4 Å². The van der Waals surface area contributed by atoms with Crippen molar-refractivity contribution in [2.45, 2.75) is 39.7 Å². The van der Waals surface area contributed by atoms with Gasteiger partial charge in [-0.3, -0.25) is 4.79 Å². The Balaban J connectivity index is 2.19. The van der Waals surface area contributed by atoms with E-state index in [9.17, 15) is 10.1 Å². The summed E-state index contributed by atoms with van der Waals surface area (Å²) in [6.45, 7) is 7.35. The van der Waals surface area contributed by atoms with Crippen LogP contribution in [0.5, 0.6) is 0 Å². The van der Waals surface area contributed by atoms with Gasteiger partial charge in [-0.15, -0.1) is 0 Å². The lowest BCUT2D eigenvalue weighted by Crippen LogP contribution is -2.42. The van der Waals surface area contributed by atoms with E-state index >= 15 is 0 Å². The molecule has 0 N–H and O–H groups in total. The van der Waals surface area contributed by atoms with Gasteiger partial charge in [-0.1, -0.05) is 25.1 Å². The summed E-state index contributed by atoms with van der Waals surface area (Å²) in [5.41, 5.74) is 1.39. The quantitative estimate of drug-likeness (QED) is 0.838. The molecule has 0 saturated carbocycles. The number of aryl methyl sites for hydroxylation is 2. The first-order valence-corrected chi connectivity index (χ1v) is 8.38. The molecule has 3 rings (SSSR count). The molecule has 0 aliphatic heterocycles. The maximum Gasteiger partial charge on any atom is 0.178 e. The SMILES string of the molecule is COC1(c2cccc(-c3c(C)noc3C)n2)C=C(C#N)C(=O)C(C)(C)C1. The fraction of sp³-hybridized carbons (Fsp3) is 0.400. The molecule has 0 bridgehead atoms. The molecular weight excluding hydrogens is 330 g/mol. The number of pyridine rings is 1. The van der Waals surface area contributed by atoms with Crippen LogP contribution in [0, 0.1) is 30.6 Å². The molecule has 0 radical (unpaired) electrons. The maximum absolute atomic E-state index is 12.5. The Morgan fingerprint density at radius 2 is 2.04 bits per heavy atom. The number of carbonyl (C=O) groups excluding carboxylic acids is 1. The molecule has 2 aromatic rings. The number of allylic oxidation sites excluding steroid dienone is 1. The van der Waals surface area contributed by atoms with Crippen LogP contribution in [-0.2, 0) is 15.1 Å². The first-order chi connectivity index (χ1) is 12.2. The Morgan fingerprint density at radius 3 is 2.62 bits per heavy atom. The molecule has 1 unspecified atom stereocenters. The lowest BCUT2D eigenvalue weighted by Gasteiger charge is -2.39. The summed E-state index contributed by atoms with van der Waals surface area (Å²) in [5.74, 6) is 0.514. The second-order valence-electron chi connectivity index (χ2n) is 7.26. The number of aromatic nitrogens is 2. The minimum atomic E-state index is -0.947. The van der Waals surface area contributed by atoms with Crippen LogP contribution < -0.4 is 0 Å². The number of methoxy groups -OCH3 is 1. The van der Waals surface area contributed by atoms with Crippen molar-refractivity contribution in [1.82, 2.24) is 10.1 Å². The largest absolute Gasteiger partial charge is 0.368 e. The van der Waals surface area contributed by atoms with Crippen molar-refractivity contribution in [3.05, 3.63) is 47.0 Å². The lowest BCUT2D eigenvalue weighted by molar-refractivity contribution is -0.128. The van der Waals surface area contributed by atoms with Crippen LogP contribution in [0.3, 0.4) is 0 Å². The smallest absolute Gasteiger partial charge is 0.178 e. The summed E-state index contributed by atoms with van der Waals surface area (Å²) in [6, 6.07) is 7.62. The van der Waals surface area contributed by atoms with E-state index < -0.39 is 11.0 Å². The van der Waals surface area contributed by atoms with E-state index in [-0.39, 0.29) is 11.4 Å². The van der Waals surface area contributed by atoms with Crippen molar-refractivity contribution in [1.29, 1.82) is 5.26 Å². The molecule has 2 aromatic heterocycles. The zero-order chi connectivity index (χ0) is 19.1. The van der Waals surface area contributed by atoms with Gasteiger partial charge in [-0.2, -0.15) is 5.26 Å². The number of hydrogen-bond donors (Lipinski definition) is 0. The zero-order valence-electron chi connectivity index (χ0n) is 15.6. The van der Waals surface area contributed by atoms with Crippen molar-refractivity contribution in [2.75, 3.05) is 7.11 Å². The van der Waals surface area contributed by atoms with Crippen molar-refractivity contribution >= 4 is 5.78 Å². The van der Waals surface area contributed by atoms with E-state index in [2.05, 4.69) is 5.16 Å². The molecule has 0 aromatic carbocycles. The normalized spacial score (nSPS) is 22.0. The van der Waals surface area contributed by atoms with Crippen LogP contribution in [0.2, 0.25) is 0 Å². The predicted molar refractivity (Wildman–Crippen MR) is 95.0 cm³/mol. The molecular formula is C20H21N3O3. The topological polar surface area (TPSA) is 89.0 Å². The van der Waals surface area contributed by atoms with Gasteiger partial charge in [-0.25, -0.2) is 4.98 Å². The lowest BCUT2D eigenvalue weighted by atomic mass is 9.68. The van der Waals surface area contributed by atoms with Crippen LogP contribution in [0.25, 0.3) is 11.3 Å². The zero-order valence-corrected chi connectivity index (χ0v) is 15.6. The molecule has 1 aliphatic rings. The highest BCUT2D eigenvalue weighted by atomic mass is 16.5. The average molecular weight is 351 g/mol. The molecule has 0 amide bonds. The summed E-state index contributed by atoms with van der Waals surface area (Å²) in [7, 11) is 1.57. The van der Waals surface area contributed by atoms with Crippen molar-refractivity contribution in [3.63, 3.8) is 0 Å². The fourth-order valence-corrected chi connectivity index (χ4v) is 3.59. The van der Waals surface area contributed by atoms with E-state index in [1.54, 1.807) is 13.2 Å². The molecule has 134 valence electrons. The minimum absolute atomic E-state index is 0.104. The minimum Gasteiger partial charge on any atom is -0.368 e. The van der Waals surface area contributed by atoms with Gasteiger partial charge in [0.1, 0.15) is 17.4 Å². The summed E-state index contributed by atoms with van der Waals surface area (Å²) >= 11 is 0. The molecule has 0 fully saturated rings. The van der Waals surface area contributed by atoms with Crippen molar-refractivity contribution < 1.29 is 14.1 Å². The summed E-state index contributed by atoms with van der Waals surface area (Å²) in [6.07, 6.45) is 2.00. The Labute approximate surface area is 152 Å². The summed E-state index contributed by atoms with van der Waals surface area (Å²) in [4.78, 5) is 17.2. The maximum atomic E-state index is 12.5. The summed E-state index contributed by atoms with van der Waals surface area (Å²) < 4.78 is 11.1. The number of ketones is 1. The molecule has 26 heavy (non-hydrogen) atoms. The van der Waals surface area contributed by atoms with Crippen LogP contribution >= 0.6 is 0 Å². The number of Topliss-reactive ketones (excluding diaryl/α,β-unsaturated/α-hetero) is 1. The Morgan fingerprint density at radius 1 is 1.31 bits per heavy atom. The van der Waals surface area contributed by atoms with E-state index in [0.29, 0.717) is 17.9 Å². The molecule has 1 atom stereocenters. The molecule has 2 heterocycles.